The average molecular weight is 249 g/mol. The van der Waals surface area contributed by atoms with E-state index < -0.39 is 5.60 Å². The van der Waals surface area contributed by atoms with Gasteiger partial charge in [0.2, 0.25) is 0 Å². The predicted octanol–water partition coefficient (Wildman–Crippen LogP) is 2.48. The summed E-state index contributed by atoms with van der Waals surface area (Å²) in [6, 6.07) is 5.57. The first kappa shape index (κ1) is 12.1. The number of aryl methyl sites for hydroxylation is 1. The molecule has 1 aromatic carbocycles. The lowest BCUT2D eigenvalue weighted by atomic mass is 9.87. The number of hydrogen-bond donors (Lipinski definition) is 2. The second-order valence-corrected chi connectivity index (χ2v) is 5.82. The molecule has 2 aliphatic carbocycles. The normalized spacial score (nSPS) is 22.8. The molecule has 0 heterocycles. The minimum atomic E-state index is -0.818. The van der Waals surface area contributed by atoms with Gasteiger partial charge in [-0.2, -0.15) is 0 Å². The van der Waals surface area contributed by atoms with Gasteiger partial charge >= 0.3 is 0 Å². The van der Waals surface area contributed by atoms with Gasteiger partial charge in [0.05, 0.1) is 0 Å². The van der Waals surface area contributed by atoms with Crippen molar-refractivity contribution in [1.82, 2.24) is 5.32 Å². The van der Waals surface area contributed by atoms with Crippen molar-refractivity contribution >= 4 is 0 Å². The standard InChI is InChI=1S/C15H20FNO/c1-10-8-12(4-7-14(10)16)15(18,11-2-3-11)9-17-13-5-6-13/h4,7-8,11,13,17-18H,2-3,5-6,9H2,1H3. The highest BCUT2D eigenvalue weighted by atomic mass is 19.1. The van der Waals surface area contributed by atoms with Crippen LogP contribution in [0.5, 0.6) is 0 Å². The third-order valence-corrected chi connectivity index (χ3v) is 4.15. The van der Waals surface area contributed by atoms with Crippen LogP contribution in [0, 0.1) is 18.7 Å². The summed E-state index contributed by atoms with van der Waals surface area (Å²) in [6.45, 7) is 2.34. The maximum Gasteiger partial charge on any atom is 0.126 e. The van der Waals surface area contributed by atoms with E-state index in [0.29, 0.717) is 24.1 Å². The quantitative estimate of drug-likeness (QED) is 0.840. The van der Waals surface area contributed by atoms with E-state index in [0.717, 1.165) is 18.4 Å². The lowest BCUT2D eigenvalue weighted by Crippen LogP contribution is -2.41. The average Bonchev–Trinajstić information content (AvgIpc) is 3.21. The molecule has 2 N–H and O–H groups in total. The van der Waals surface area contributed by atoms with Crippen molar-refractivity contribution < 1.29 is 9.50 Å². The van der Waals surface area contributed by atoms with E-state index in [1.807, 2.05) is 0 Å². The molecule has 0 amide bonds. The van der Waals surface area contributed by atoms with Crippen LogP contribution >= 0.6 is 0 Å². The van der Waals surface area contributed by atoms with E-state index in [4.69, 9.17) is 0 Å². The molecule has 2 aliphatic rings. The lowest BCUT2D eigenvalue weighted by molar-refractivity contribution is 0.0130. The third-order valence-electron chi connectivity index (χ3n) is 4.15. The van der Waals surface area contributed by atoms with Crippen molar-refractivity contribution in [2.75, 3.05) is 6.54 Å². The zero-order chi connectivity index (χ0) is 12.8. The number of benzene rings is 1. The molecule has 0 aliphatic heterocycles. The summed E-state index contributed by atoms with van der Waals surface area (Å²) >= 11 is 0. The molecule has 2 nitrogen and oxygen atoms in total. The Balaban J connectivity index is 1.84. The summed E-state index contributed by atoms with van der Waals surface area (Å²) in [6.07, 6.45) is 4.56. The molecule has 0 spiro atoms. The Bertz CT molecular complexity index is 454. The molecule has 0 aromatic heterocycles. The molecule has 2 saturated carbocycles. The summed E-state index contributed by atoms with van der Waals surface area (Å²) in [5.74, 6) is 0.126. The van der Waals surface area contributed by atoms with Crippen LogP contribution in [0.3, 0.4) is 0 Å². The van der Waals surface area contributed by atoms with Crippen LogP contribution in [-0.2, 0) is 5.60 Å². The van der Waals surface area contributed by atoms with Crippen LogP contribution in [0.4, 0.5) is 4.39 Å². The van der Waals surface area contributed by atoms with Gasteiger partial charge in [-0.3, -0.25) is 0 Å². The van der Waals surface area contributed by atoms with Crippen LogP contribution in [0.25, 0.3) is 0 Å². The second kappa shape index (κ2) is 4.32. The Morgan fingerprint density at radius 3 is 2.61 bits per heavy atom. The molecule has 1 unspecified atom stereocenters. The van der Waals surface area contributed by atoms with Gasteiger partial charge in [0.25, 0.3) is 0 Å². The Labute approximate surface area is 107 Å². The highest BCUT2D eigenvalue weighted by molar-refractivity contribution is 5.31. The summed E-state index contributed by atoms with van der Waals surface area (Å²) in [5, 5.41) is 14.3. The Kier molecular flexibility index (Phi) is 2.91. The van der Waals surface area contributed by atoms with Crippen molar-refractivity contribution in [1.29, 1.82) is 0 Å². The molecular weight excluding hydrogens is 229 g/mol. The van der Waals surface area contributed by atoms with Crippen molar-refractivity contribution in [3.05, 3.63) is 35.1 Å². The molecule has 98 valence electrons. The van der Waals surface area contributed by atoms with Crippen LogP contribution in [0.2, 0.25) is 0 Å². The maximum absolute atomic E-state index is 13.3. The smallest absolute Gasteiger partial charge is 0.126 e. The number of nitrogens with one attached hydrogen (secondary N) is 1. The van der Waals surface area contributed by atoms with E-state index in [2.05, 4.69) is 5.32 Å². The molecule has 0 radical (unpaired) electrons. The van der Waals surface area contributed by atoms with Gasteiger partial charge < -0.3 is 10.4 Å². The Morgan fingerprint density at radius 1 is 1.33 bits per heavy atom. The molecule has 0 saturated heterocycles. The zero-order valence-corrected chi connectivity index (χ0v) is 10.7. The number of rotatable bonds is 5. The Morgan fingerprint density at radius 2 is 2.06 bits per heavy atom. The molecule has 18 heavy (non-hydrogen) atoms. The molecule has 1 atom stereocenters. The van der Waals surface area contributed by atoms with Gasteiger partial charge in [0.15, 0.2) is 0 Å². The fourth-order valence-corrected chi connectivity index (χ4v) is 2.54. The van der Waals surface area contributed by atoms with Gasteiger partial charge in [0, 0.05) is 12.6 Å². The van der Waals surface area contributed by atoms with Gasteiger partial charge in [-0.25, -0.2) is 4.39 Å². The van der Waals surface area contributed by atoms with Crippen LogP contribution in [-0.4, -0.2) is 17.7 Å². The third kappa shape index (κ3) is 2.29. The topological polar surface area (TPSA) is 32.3 Å². The van der Waals surface area contributed by atoms with Gasteiger partial charge in [-0.05, 0) is 55.7 Å². The SMILES string of the molecule is Cc1cc(C(O)(CNC2CC2)C2CC2)ccc1F. The van der Waals surface area contributed by atoms with E-state index in [1.165, 1.54) is 18.9 Å². The largest absolute Gasteiger partial charge is 0.384 e. The summed E-state index contributed by atoms with van der Waals surface area (Å²) in [7, 11) is 0. The van der Waals surface area contributed by atoms with Gasteiger partial charge in [-0.15, -0.1) is 0 Å². The molecular formula is C15H20FNO. The van der Waals surface area contributed by atoms with E-state index >= 15 is 0 Å². The monoisotopic (exact) mass is 249 g/mol. The number of aliphatic hydroxyl groups is 1. The van der Waals surface area contributed by atoms with Gasteiger partial charge in [-0.1, -0.05) is 12.1 Å². The van der Waals surface area contributed by atoms with Crippen LogP contribution in [0.1, 0.15) is 36.8 Å². The van der Waals surface area contributed by atoms with E-state index in [-0.39, 0.29) is 5.82 Å². The highest BCUT2D eigenvalue weighted by Crippen LogP contribution is 2.46. The Hall–Kier alpha value is -0.930. The first-order chi connectivity index (χ1) is 8.59. The minimum Gasteiger partial charge on any atom is -0.384 e. The molecule has 3 heteroatoms. The lowest BCUT2D eigenvalue weighted by Gasteiger charge is -2.29. The molecule has 0 bridgehead atoms. The summed E-state index contributed by atoms with van der Waals surface area (Å²) < 4.78 is 13.3. The summed E-state index contributed by atoms with van der Waals surface area (Å²) in [5.41, 5.74) is 0.649. The first-order valence-corrected chi connectivity index (χ1v) is 6.82. The van der Waals surface area contributed by atoms with Crippen LogP contribution in [0.15, 0.2) is 18.2 Å². The summed E-state index contributed by atoms with van der Waals surface area (Å²) in [4.78, 5) is 0. The van der Waals surface area contributed by atoms with Crippen molar-refractivity contribution in [2.45, 2.75) is 44.2 Å². The van der Waals surface area contributed by atoms with E-state index in [9.17, 15) is 9.50 Å². The van der Waals surface area contributed by atoms with Crippen molar-refractivity contribution in [2.24, 2.45) is 5.92 Å². The fraction of sp³-hybridized carbons (Fsp3) is 0.600. The first-order valence-electron chi connectivity index (χ1n) is 6.82. The zero-order valence-electron chi connectivity index (χ0n) is 10.7. The molecule has 2 fully saturated rings. The van der Waals surface area contributed by atoms with E-state index in [1.54, 1.807) is 19.1 Å². The highest BCUT2D eigenvalue weighted by Gasteiger charge is 2.45. The second-order valence-electron chi connectivity index (χ2n) is 5.82. The predicted molar refractivity (Wildman–Crippen MR) is 68.8 cm³/mol. The molecule has 3 rings (SSSR count). The van der Waals surface area contributed by atoms with Crippen molar-refractivity contribution in [3.8, 4) is 0 Å². The van der Waals surface area contributed by atoms with Gasteiger partial charge in [0.1, 0.15) is 11.4 Å². The minimum absolute atomic E-state index is 0.202. The number of halogens is 1. The fourth-order valence-electron chi connectivity index (χ4n) is 2.54. The molecule has 1 aromatic rings. The van der Waals surface area contributed by atoms with Crippen LogP contribution < -0.4 is 5.32 Å². The number of hydrogen-bond acceptors (Lipinski definition) is 2. The maximum atomic E-state index is 13.3. The van der Waals surface area contributed by atoms with Crippen molar-refractivity contribution in [3.63, 3.8) is 0 Å².